The normalized spacial score (nSPS) is 11.6. The van der Waals surface area contributed by atoms with Crippen LogP contribution in [0.4, 0.5) is 0 Å². The van der Waals surface area contributed by atoms with Gasteiger partial charge >= 0.3 is 5.97 Å². The minimum Gasteiger partial charge on any atom is -0.496 e. The van der Waals surface area contributed by atoms with Crippen LogP contribution in [0.3, 0.4) is 0 Å². The Morgan fingerprint density at radius 2 is 1.79 bits per heavy atom. The van der Waals surface area contributed by atoms with Crippen molar-refractivity contribution in [1.82, 2.24) is 0 Å². The van der Waals surface area contributed by atoms with E-state index in [1.807, 2.05) is 45.0 Å². The van der Waals surface area contributed by atoms with Gasteiger partial charge in [0.2, 0.25) is 0 Å². The van der Waals surface area contributed by atoms with Gasteiger partial charge in [0, 0.05) is 5.39 Å². The van der Waals surface area contributed by atoms with Gasteiger partial charge in [-0.05, 0) is 34.6 Å². The Hall–Kier alpha value is -2.03. The topological polar surface area (TPSA) is 46.5 Å². The van der Waals surface area contributed by atoms with Crippen LogP contribution < -0.4 is 4.74 Å². The van der Waals surface area contributed by atoms with E-state index in [-0.39, 0.29) is 5.41 Å². The standard InChI is InChI=1S/C16H18O3/c1-16(2,3)14-11-6-5-7-13(19-4)10(11)8-9-12(14)15(17)18/h5-9H,1-4H3,(H,17,18). The minimum atomic E-state index is -0.894. The van der Waals surface area contributed by atoms with Crippen molar-refractivity contribution in [2.24, 2.45) is 0 Å². The second kappa shape index (κ2) is 4.57. The first kappa shape index (κ1) is 13.4. The summed E-state index contributed by atoms with van der Waals surface area (Å²) in [5.41, 5.74) is 0.948. The molecule has 100 valence electrons. The molecule has 0 spiro atoms. The maximum Gasteiger partial charge on any atom is 0.336 e. The van der Waals surface area contributed by atoms with Gasteiger partial charge in [-0.3, -0.25) is 0 Å². The molecule has 0 atom stereocenters. The van der Waals surface area contributed by atoms with E-state index in [9.17, 15) is 9.90 Å². The number of hydrogen-bond donors (Lipinski definition) is 1. The first-order chi connectivity index (χ1) is 8.86. The van der Waals surface area contributed by atoms with Crippen LogP contribution in [0.1, 0.15) is 36.7 Å². The number of rotatable bonds is 2. The van der Waals surface area contributed by atoms with Crippen molar-refractivity contribution < 1.29 is 14.6 Å². The SMILES string of the molecule is COc1cccc2c(C(C)(C)C)c(C(=O)O)ccc12. The van der Waals surface area contributed by atoms with E-state index >= 15 is 0 Å². The number of hydrogen-bond acceptors (Lipinski definition) is 2. The smallest absolute Gasteiger partial charge is 0.336 e. The Balaban J connectivity index is 2.93. The van der Waals surface area contributed by atoms with E-state index in [2.05, 4.69) is 0 Å². The summed E-state index contributed by atoms with van der Waals surface area (Å²) in [7, 11) is 1.62. The van der Waals surface area contributed by atoms with Gasteiger partial charge in [0.15, 0.2) is 0 Å². The number of fused-ring (bicyclic) bond motifs is 1. The van der Waals surface area contributed by atoms with Gasteiger partial charge in [0.25, 0.3) is 0 Å². The third-order valence-electron chi connectivity index (χ3n) is 3.22. The van der Waals surface area contributed by atoms with Gasteiger partial charge < -0.3 is 9.84 Å². The van der Waals surface area contributed by atoms with Crippen molar-refractivity contribution in [1.29, 1.82) is 0 Å². The first-order valence-electron chi connectivity index (χ1n) is 6.19. The van der Waals surface area contributed by atoms with Gasteiger partial charge in [-0.15, -0.1) is 0 Å². The fourth-order valence-electron chi connectivity index (χ4n) is 2.49. The molecule has 3 nitrogen and oxygen atoms in total. The molecule has 1 N–H and O–H groups in total. The molecule has 2 rings (SSSR count). The summed E-state index contributed by atoms with van der Waals surface area (Å²) in [5, 5.41) is 11.3. The number of carboxylic acids is 1. The van der Waals surface area contributed by atoms with Gasteiger partial charge in [-0.1, -0.05) is 32.9 Å². The largest absolute Gasteiger partial charge is 0.496 e. The summed E-state index contributed by atoms with van der Waals surface area (Å²) in [6.45, 7) is 6.06. The molecule has 0 saturated carbocycles. The van der Waals surface area contributed by atoms with E-state index in [0.717, 1.165) is 22.1 Å². The molecule has 2 aromatic carbocycles. The van der Waals surface area contributed by atoms with Gasteiger partial charge in [-0.2, -0.15) is 0 Å². The molecule has 0 unspecified atom stereocenters. The Labute approximate surface area is 112 Å². The molecule has 0 fully saturated rings. The molecule has 0 aliphatic carbocycles. The number of methoxy groups -OCH3 is 1. The second-order valence-corrected chi connectivity index (χ2v) is 5.60. The third kappa shape index (κ3) is 2.28. The average molecular weight is 258 g/mol. The Morgan fingerprint density at radius 3 is 2.32 bits per heavy atom. The van der Waals surface area contributed by atoms with Crippen LogP contribution in [0.25, 0.3) is 10.8 Å². The summed E-state index contributed by atoms with van der Waals surface area (Å²) < 4.78 is 5.35. The fourth-order valence-corrected chi connectivity index (χ4v) is 2.49. The average Bonchev–Trinajstić information content (AvgIpc) is 2.35. The third-order valence-corrected chi connectivity index (χ3v) is 3.22. The van der Waals surface area contributed by atoms with E-state index in [1.165, 1.54) is 0 Å². The molecule has 19 heavy (non-hydrogen) atoms. The maximum atomic E-state index is 11.4. The first-order valence-corrected chi connectivity index (χ1v) is 6.19. The van der Waals surface area contributed by atoms with Crippen LogP contribution in [0, 0.1) is 0 Å². The number of aromatic carboxylic acids is 1. The van der Waals surface area contributed by atoms with Crippen LogP contribution in [-0.2, 0) is 5.41 Å². The molecule has 3 heteroatoms. The Bertz CT molecular complexity index is 636. The highest BCUT2D eigenvalue weighted by molar-refractivity contribution is 6.00. The predicted molar refractivity (Wildman–Crippen MR) is 76.2 cm³/mol. The second-order valence-electron chi connectivity index (χ2n) is 5.60. The zero-order chi connectivity index (χ0) is 14.2. The van der Waals surface area contributed by atoms with Gasteiger partial charge in [-0.25, -0.2) is 4.79 Å². The monoisotopic (exact) mass is 258 g/mol. The lowest BCUT2D eigenvalue weighted by Gasteiger charge is -2.24. The number of ether oxygens (including phenoxy) is 1. The molecule has 0 aliphatic heterocycles. The fraction of sp³-hybridized carbons (Fsp3) is 0.312. The van der Waals surface area contributed by atoms with Crippen molar-refractivity contribution >= 4 is 16.7 Å². The summed E-state index contributed by atoms with van der Waals surface area (Å²) in [5.74, 6) is -0.130. The van der Waals surface area contributed by atoms with Crippen LogP contribution in [-0.4, -0.2) is 18.2 Å². The number of benzene rings is 2. The van der Waals surface area contributed by atoms with Gasteiger partial charge in [0.1, 0.15) is 5.75 Å². The molecule has 0 heterocycles. The zero-order valence-electron chi connectivity index (χ0n) is 11.7. The van der Waals surface area contributed by atoms with Crippen molar-refractivity contribution in [3.63, 3.8) is 0 Å². The van der Waals surface area contributed by atoms with Crippen molar-refractivity contribution in [2.75, 3.05) is 7.11 Å². The lowest BCUT2D eigenvalue weighted by atomic mass is 9.80. The summed E-state index contributed by atoms with van der Waals surface area (Å²) >= 11 is 0. The molecular weight excluding hydrogens is 240 g/mol. The van der Waals surface area contributed by atoms with E-state index in [0.29, 0.717) is 5.56 Å². The van der Waals surface area contributed by atoms with Crippen molar-refractivity contribution in [2.45, 2.75) is 26.2 Å². The van der Waals surface area contributed by atoms with Gasteiger partial charge in [0.05, 0.1) is 12.7 Å². The number of carboxylic acid groups (broad SMARTS) is 1. The molecule has 0 saturated heterocycles. The lowest BCUT2D eigenvalue weighted by molar-refractivity contribution is 0.0694. The quantitative estimate of drug-likeness (QED) is 0.890. The molecule has 0 amide bonds. The molecule has 0 aliphatic rings. The highest BCUT2D eigenvalue weighted by Gasteiger charge is 2.24. The molecule has 2 aromatic rings. The summed E-state index contributed by atoms with van der Waals surface area (Å²) in [6.07, 6.45) is 0. The predicted octanol–water partition coefficient (Wildman–Crippen LogP) is 3.84. The highest BCUT2D eigenvalue weighted by atomic mass is 16.5. The molecule has 0 bridgehead atoms. The maximum absolute atomic E-state index is 11.4. The van der Waals surface area contributed by atoms with Crippen molar-refractivity contribution in [3.8, 4) is 5.75 Å². The van der Waals surface area contributed by atoms with E-state index < -0.39 is 5.97 Å². The molecule has 0 aromatic heterocycles. The van der Waals surface area contributed by atoms with E-state index in [1.54, 1.807) is 13.2 Å². The molecular formula is C16H18O3. The highest BCUT2D eigenvalue weighted by Crippen LogP contribution is 2.36. The van der Waals surface area contributed by atoms with E-state index in [4.69, 9.17) is 4.74 Å². The lowest BCUT2D eigenvalue weighted by Crippen LogP contribution is -2.17. The summed E-state index contributed by atoms with van der Waals surface area (Å²) in [6, 6.07) is 9.20. The van der Waals surface area contributed by atoms with Crippen LogP contribution in [0.15, 0.2) is 30.3 Å². The Kier molecular flexibility index (Phi) is 3.23. The van der Waals surface area contributed by atoms with Crippen LogP contribution in [0.2, 0.25) is 0 Å². The number of carbonyl (C=O) groups is 1. The Morgan fingerprint density at radius 1 is 1.11 bits per heavy atom. The van der Waals surface area contributed by atoms with Crippen molar-refractivity contribution in [3.05, 3.63) is 41.5 Å². The summed E-state index contributed by atoms with van der Waals surface area (Å²) in [4.78, 5) is 11.4. The minimum absolute atomic E-state index is 0.250. The van der Waals surface area contributed by atoms with Crippen LogP contribution >= 0.6 is 0 Å². The van der Waals surface area contributed by atoms with Crippen LogP contribution in [0.5, 0.6) is 5.75 Å². The zero-order valence-corrected chi connectivity index (χ0v) is 11.7. The molecule has 0 radical (unpaired) electrons.